The summed E-state index contributed by atoms with van der Waals surface area (Å²) in [6, 6.07) is 6.44. The molecule has 1 aromatic carbocycles. The average Bonchev–Trinajstić information content (AvgIpc) is 3.19. The molecule has 1 amide bonds. The lowest BCUT2D eigenvalue weighted by molar-refractivity contribution is -0.239. The van der Waals surface area contributed by atoms with Crippen LogP contribution in [0.1, 0.15) is 52.2 Å². The van der Waals surface area contributed by atoms with Gasteiger partial charge in [-0.3, -0.25) is 19.2 Å². The molecule has 0 bridgehead atoms. The van der Waals surface area contributed by atoms with Crippen LogP contribution in [-0.4, -0.2) is 69.1 Å². The molecule has 0 radical (unpaired) electrons. The fraction of sp³-hybridized carbons (Fsp3) is 0.538. The highest BCUT2D eigenvalue weighted by Gasteiger charge is 2.52. The summed E-state index contributed by atoms with van der Waals surface area (Å²) in [6.07, 6.45) is -4.68. The van der Waals surface area contributed by atoms with E-state index >= 15 is 0 Å². The predicted molar refractivity (Wildman–Crippen MR) is 141 cm³/mol. The third-order valence-corrected chi connectivity index (χ3v) is 6.41. The zero-order chi connectivity index (χ0) is 29.6. The largest absolute Gasteiger partial charge is 0.486 e. The lowest BCUT2D eigenvalue weighted by atomic mass is 9.95. The second-order valence-corrected chi connectivity index (χ2v) is 9.60. The number of aryl methyl sites for hydroxylation is 1. The Kier molecular flexibility index (Phi) is 10.4. The number of esters is 3. The topological polar surface area (TPSA) is 149 Å². The Hall–Kier alpha value is -3.78. The van der Waals surface area contributed by atoms with Gasteiger partial charge < -0.3 is 33.6 Å². The fourth-order valence-corrected chi connectivity index (χ4v) is 4.72. The van der Waals surface area contributed by atoms with Crippen molar-refractivity contribution in [3.63, 3.8) is 0 Å². The summed E-state index contributed by atoms with van der Waals surface area (Å²) >= 11 is 5.71. The van der Waals surface area contributed by atoms with Crippen LogP contribution in [0.25, 0.3) is 0 Å². The zero-order valence-corrected chi connectivity index (χ0v) is 24.1. The van der Waals surface area contributed by atoms with Crippen LogP contribution in [0.3, 0.4) is 0 Å². The lowest BCUT2D eigenvalue weighted by Crippen LogP contribution is -2.64. The quantitative estimate of drug-likeness (QED) is 0.251. The molecule has 1 fully saturated rings. The molecule has 2 heterocycles. The van der Waals surface area contributed by atoms with Crippen LogP contribution >= 0.6 is 12.2 Å². The minimum atomic E-state index is -1.23. The Labute approximate surface area is 236 Å². The smallest absolute Gasteiger partial charge is 0.303 e. The van der Waals surface area contributed by atoms with E-state index in [0.29, 0.717) is 18.1 Å². The summed E-state index contributed by atoms with van der Waals surface area (Å²) in [7, 11) is 0. The van der Waals surface area contributed by atoms with Crippen molar-refractivity contribution in [2.45, 2.75) is 85.3 Å². The van der Waals surface area contributed by atoms with Gasteiger partial charge in [-0.15, -0.1) is 0 Å². The number of carbonyl (C=O) groups excluding carboxylic acids is 4. The van der Waals surface area contributed by atoms with E-state index < -0.39 is 54.4 Å². The van der Waals surface area contributed by atoms with E-state index in [-0.39, 0.29) is 18.0 Å². The highest BCUT2D eigenvalue weighted by Crippen LogP contribution is 2.33. The molecule has 14 heteroatoms. The van der Waals surface area contributed by atoms with E-state index in [9.17, 15) is 19.2 Å². The monoisotopic (exact) mass is 578 g/mol. The van der Waals surface area contributed by atoms with Crippen molar-refractivity contribution in [2.75, 3.05) is 6.61 Å². The Balaban J connectivity index is 2.06. The van der Waals surface area contributed by atoms with Gasteiger partial charge in [-0.25, -0.2) is 4.68 Å². The highest BCUT2D eigenvalue weighted by atomic mass is 32.1. The van der Waals surface area contributed by atoms with Crippen LogP contribution in [0, 0.1) is 11.7 Å². The van der Waals surface area contributed by atoms with E-state index in [0.717, 1.165) is 5.56 Å². The van der Waals surface area contributed by atoms with Gasteiger partial charge in [0.25, 0.3) is 0 Å². The van der Waals surface area contributed by atoms with Gasteiger partial charge >= 0.3 is 17.9 Å². The van der Waals surface area contributed by atoms with E-state index in [2.05, 4.69) is 10.4 Å². The molecule has 0 unspecified atom stereocenters. The Morgan fingerprint density at radius 1 is 1.00 bits per heavy atom. The van der Waals surface area contributed by atoms with Crippen LogP contribution in [0.2, 0.25) is 0 Å². The summed E-state index contributed by atoms with van der Waals surface area (Å²) in [5.74, 6) is -1.35. The number of rotatable bonds is 10. The third-order valence-electron chi connectivity index (χ3n) is 6.00. The average molecular weight is 579 g/mol. The molecular weight excluding hydrogens is 544 g/mol. The van der Waals surface area contributed by atoms with Crippen LogP contribution < -0.4 is 10.1 Å². The fourth-order valence-electron chi connectivity index (χ4n) is 4.35. The second-order valence-electron chi connectivity index (χ2n) is 9.23. The first kappa shape index (κ1) is 30.8. The zero-order valence-electron chi connectivity index (χ0n) is 23.2. The Morgan fingerprint density at radius 3 is 2.17 bits per heavy atom. The highest BCUT2D eigenvalue weighted by molar-refractivity contribution is 7.71. The van der Waals surface area contributed by atoms with Crippen molar-refractivity contribution in [2.24, 2.45) is 0 Å². The van der Waals surface area contributed by atoms with Gasteiger partial charge in [0.2, 0.25) is 5.91 Å². The molecule has 1 aliphatic heterocycles. The molecule has 1 aliphatic rings. The number of nitrogens with zero attached hydrogens (tertiary/aromatic N) is 3. The first-order valence-electron chi connectivity index (χ1n) is 12.7. The first-order valence-corrected chi connectivity index (χ1v) is 13.1. The van der Waals surface area contributed by atoms with Crippen molar-refractivity contribution < 1.29 is 42.9 Å². The lowest BCUT2D eigenvalue weighted by Gasteiger charge is -2.45. The minimum absolute atomic E-state index is 0.0748. The summed E-state index contributed by atoms with van der Waals surface area (Å²) in [6.45, 7) is 8.88. The first-order chi connectivity index (χ1) is 18.9. The number of hydrogen-bond acceptors (Lipinski definition) is 11. The maximum Gasteiger partial charge on any atom is 0.303 e. The molecule has 40 heavy (non-hydrogen) atoms. The van der Waals surface area contributed by atoms with Crippen LogP contribution in [0.4, 0.5) is 0 Å². The molecule has 0 spiro atoms. The van der Waals surface area contributed by atoms with Crippen molar-refractivity contribution in [1.29, 1.82) is 0 Å². The summed E-state index contributed by atoms with van der Waals surface area (Å²) < 4.78 is 31.7. The van der Waals surface area contributed by atoms with Gasteiger partial charge in [0, 0.05) is 34.2 Å². The van der Waals surface area contributed by atoms with E-state index in [1.807, 2.05) is 38.1 Å². The summed E-state index contributed by atoms with van der Waals surface area (Å²) in [4.78, 5) is 48.0. The number of carbonyl (C=O) groups is 4. The molecule has 1 aromatic heterocycles. The van der Waals surface area contributed by atoms with Crippen LogP contribution in [0.15, 0.2) is 24.3 Å². The van der Waals surface area contributed by atoms with E-state index in [1.165, 1.54) is 32.4 Å². The van der Waals surface area contributed by atoms with Gasteiger partial charge in [-0.1, -0.05) is 17.7 Å². The van der Waals surface area contributed by atoms with E-state index in [4.69, 9.17) is 35.9 Å². The van der Waals surface area contributed by atoms with Gasteiger partial charge in [-0.2, -0.15) is 5.10 Å². The number of amides is 1. The summed E-state index contributed by atoms with van der Waals surface area (Å²) in [5.41, 5.74) is 1.09. The maximum absolute atomic E-state index is 12.3. The molecule has 218 valence electrons. The standard InChI is InChI=1S/C26H34N4O9S/c1-7-29-21(13-36-19-10-8-14(2)9-11-19)28-30(26(29)40)25-22(27-15(3)31)24(38-18(6)34)23(37-17(5)33)20(39-25)12-35-16(4)32/h8-11,20,22-25H,7,12-13H2,1-6H3,(H,27,31)/t20-,22-,23-,24-,25-/m1/s1. The number of benzene rings is 1. The molecule has 0 saturated carbocycles. The van der Waals surface area contributed by atoms with Crippen molar-refractivity contribution in [3.05, 3.63) is 40.4 Å². The van der Waals surface area contributed by atoms with Gasteiger partial charge in [0.1, 0.15) is 31.1 Å². The Bertz CT molecular complexity index is 1290. The molecular formula is C26H34N4O9S. The minimum Gasteiger partial charge on any atom is -0.486 e. The summed E-state index contributed by atoms with van der Waals surface area (Å²) in [5, 5.41) is 7.37. The number of aromatic nitrogens is 3. The molecule has 0 aliphatic carbocycles. The molecule has 5 atom stereocenters. The molecule has 1 saturated heterocycles. The maximum atomic E-state index is 12.3. The number of ether oxygens (including phenoxy) is 5. The molecule has 13 nitrogen and oxygen atoms in total. The van der Waals surface area contributed by atoms with Gasteiger partial charge in [0.15, 0.2) is 29.0 Å². The van der Waals surface area contributed by atoms with E-state index in [1.54, 1.807) is 4.57 Å². The van der Waals surface area contributed by atoms with Crippen molar-refractivity contribution >= 4 is 36.0 Å². The van der Waals surface area contributed by atoms with Gasteiger partial charge in [-0.05, 0) is 38.2 Å². The van der Waals surface area contributed by atoms with Crippen LogP contribution in [0.5, 0.6) is 5.75 Å². The molecule has 1 N–H and O–H groups in total. The number of hydrogen-bond donors (Lipinski definition) is 1. The third kappa shape index (κ3) is 7.66. The predicted octanol–water partition coefficient (Wildman–Crippen LogP) is 2.15. The van der Waals surface area contributed by atoms with Crippen LogP contribution in [-0.2, 0) is 51.3 Å². The SMILES string of the molecule is CCn1c(COc2ccc(C)cc2)nn([C@@H]2O[C@H](COC(C)=O)[C@@H](OC(C)=O)[C@H](OC(C)=O)[C@H]2NC(C)=O)c1=S. The number of nitrogens with one attached hydrogen (secondary N) is 1. The van der Waals surface area contributed by atoms with Gasteiger partial charge in [0.05, 0.1) is 0 Å². The van der Waals surface area contributed by atoms with Crippen molar-refractivity contribution in [1.82, 2.24) is 19.7 Å². The Morgan fingerprint density at radius 2 is 1.62 bits per heavy atom. The molecule has 2 aromatic rings. The van der Waals surface area contributed by atoms with Crippen molar-refractivity contribution in [3.8, 4) is 5.75 Å². The normalized spacial score (nSPS) is 22.2. The molecule has 3 rings (SSSR count). The second kappa shape index (κ2) is 13.5.